The summed E-state index contributed by atoms with van der Waals surface area (Å²) in [6.07, 6.45) is 4.06. The molecule has 0 spiro atoms. The summed E-state index contributed by atoms with van der Waals surface area (Å²) in [6.45, 7) is 14.8. The SMILES string of the molecule is COC(=O)/C=C/C[C@@]1(C)O[C@H]2[C@@H](OCc3ccccc3)C[C@@H](COCc3ccccc3)O[C@@H]2C[C@@H]1O[Si](C)(C)C(C)(C)C. The number of hydrogen-bond donors (Lipinski definition) is 0. The molecule has 2 aliphatic heterocycles. The van der Waals surface area contributed by atoms with Crippen molar-refractivity contribution < 1.29 is 32.9 Å². The number of ether oxygens (including phenoxy) is 5. The van der Waals surface area contributed by atoms with Crippen molar-refractivity contribution in [1.29, 1.82) is 0 Å². The molecule has 43 heavy (non-hydrogen) atoms. The van der Waals surface area contributed by atoms with Gasteiger partial charge >= 0.3 is 5.97 Å². The van der Waals surface area contributed by atoms with Gasteiger partial charge in [0.2, 0.25) is 0 Å². The number of carbonyl (C=O) groups is 1. The maximum absolute atomic E-state index is 11.9. The molecule has 0 N–H and O–H groups in total. The number of carbonyl (C=O) groups excluding carboxylic acids is 1. The van der Waals surface area contributed by atoms with Crippen molar-refractivity contribution in [2.75, 3.05) is 13.7 Å². The van der Waals surface area contributed by atoms with Crippen molar-refractivity contribution in [2.45, 2.75) is 114 Å². The predicted molar refractivity (Wildman–Crippen MR) is 170 cm³/mol. The molecule has 2 aromatic rings. The second-order valence-corrected chi connectivity index (χ2v) is 18.3. The fourth-order valence-electron chi connectivity index (χ4n) is 5.47. The smallest absolute Gasteiger partial charge is 0.330 e. The first-order chi connectivity index (χ1) is 20.4. The fourth-order valence-corrected chi connectivity index (χ4v) is 6.88. The van der Waals surface area contributed by atoms with E-state index in [1.807, 2.05) is 42.5 Å². The molecule has 0 radical (unpaired) electrons. The summed E-state index contributed by atoms with van der Waals surface area (Å²) in [5, 5.41) is 0.0230. The lowest BCUT2D eigenvalue weighted by Crippen LogP contribution is -2.64. The van der Waals surface area contributed by atoms with Crippen molar-refractivity contribution >= 4 is 14.3 Å². The fraction of sp³-hybridized carbons (Fsp3) is 0.571. The number of methoxy groups -OCH3 is 1. The van der Waals surface area contributed by atoms with E-state index in [1.165, 1.54) is 13.2 Å². The highest BCUT2D eigenvalue weighted by Crippen LogP contribution is 2.45. The minimum absolute atomic E-state index is 0.0230. The second-order valence-electron chi connectivity index (χ2n) is 13.5. The summed E-state index contributed by atoms with van der Waals surface area (Å²) in [4.78, 5) is 11.9. The summed E-state index contributed by atoms with van der Waals surface area (Å²) in [6, 6.07) is 20.4. The molecule has 0 unspecified atom stereocenters. The molecule has 0 bridgehead atoms. The summed E-state index contributed by atoms with van der Waals surface area (Å²) in [7, 11) is -0.782. The number of hydrogen-bond acceptors (Lipinski definition) is 7. The van der Waals surface area contributed by atoms with Crippen LogP contribution in [0, 0.1) is 0 Å². The van der Waals surface area contributed by atoms with E-state index < -0.39 is 13.9 Å². The van der Waals surface area contributed by atoms with Crippen LogP contribution in [0.25, 0.3) is 0 Å². The number of rotatable bonds is 12. The van der Waals surface area contributed by atoms with Crippen molar-refractivity contribution in [3.05, 3.63) is 83.9 Å². The van der Waals surface area contributed by atoms with Crippen LogP contribution in [0.1, 0.15) is 58.1 Å². The Labute approximate surface area is 259 Å². The summed E-state index contributed by atoms with van der Waals surface area (Å²) >= 11 is 0. The standard InChI is InChI=1S/C35H50O7Si/c1-34(2,3)43(6,7)42-31-22-30-33(41-35(31,4)20-14-19-32(36)37-5)29(39-24-27-17-12-9-13-18-27)21-28(40-30)25-38-23-26-15-10-8-11-16-26/h8-19,28-31,33H,20-25H2,1-7H3/b19-14+/t28-,29-,30+,31-,33-,35+/m0/s1. The molecule has 2 saturated heterocycles. The average Bonchev–Trinajstić information content (AvgIpc) is 2.97. The van der Waals surface area contributed by atoms with E-state index in [0.29, 0.717) is 39.1 Å². The minimum atomic E-state index is -2.16. The van der Waals surface area contributed by atoms with E-state index in [0.717, 1.165) is 11.1 Å². The lowest BCUT2D eigenvalue weighted by molar-refractivity contribution is -0.289. The van der Waals surface area contributed by atoms with E-state index >= 15 is 0 Å². The Morgan fingerprint density at radius 2 is 1.63 bits per heavy atom. The van der Waals surface area contributed by atoms with Crippen LogP contribution in [-0.4, -0.2) is 64.1 Å². The van der Waals surface area contributed by atoms with Gasteiger partial charge in [0.1, 0.15) is 6.10 Å². The highest BCUT2D eigenvalue weighted by atomic mass is 28.4. The molecule has 0 saturated carbocycles. The molecular weight excluding hydrogens is 560 g/mol. The number of benzene rings is 2. The van der Waals surface area contributed by atoms with Crippen molar-refractivity contribution in [3.63, 3.8) is 0 Å². The van der Waals surface area contributed by atoms with Crippen LogP contribution in [0.15, 0.2) is 72.8 Å². The monoisotopic (exact) mass is 610 g/mol. The van der Waals surface area contributed by atoms with Crippen LogP contribution < -0.4 is 0 Å². The second kappa shape index (κ2) is 14.6. The molecule has 2 aromatic carbocycles. The quantitative estimate of drug-likeness (QED) is 0.146. The van der Waals surface area contributed by atoms with Gasteiger partial charge < -0.3 is 28.1 Å². The van der Waals surface area contributed by atoms with Gasteiger partial charge in [0, 0.05) is 18.9 Å². The van der Waals surface area contributed by atoms with Crippen LogP contribution in [0.5, 0.6) is 0 Å². The number of fused-ring (bicyclic) bond motifs is 1. The van der Waals surface area contributed by atoms with Crippen LogP contribution in [0.4, 0.5) is 0 Å². The Morgan fingerprint density at radius 1 is 1.00 bits per heavy atom. The van der Waals surface area contributed by atoms with Crippen molar-refractivity contribution in [3.8, 4) is 0 Å². The first-order valence-electron chi connectivity index (χ1n) is 15.4. The summed E-state index contributed by atoms with van der Waals surface area (Å²) < 4.78 is 38.3. The number of esters is 1. The summed E-state index contributed by atoms with van der Waals surface area (Å²) in [5.41, 5.74) is 1.56. The van der Waals surface area contributed by atoms with Crippen LogP contribution in [-0.2, 0) is 46.1 Å². The molecule has 0 amide bonds. The van der Waals surface area contributed by atoms with Gasteiger partial charge in [-0.05, 0) is 42.6 Å². The maximum atomic E-state index is 11.9. The highest BCUT2D eigenvalue weighted by Gasteiger charge is 2.54. The van der Waals surface area contributed by atoms with Gasteiger partial charge in [-0.25, -0.2) is 4.79 Å². The van der Waals surface area contributed by atoms with Crippen molar-refractivity contribution in [2.24, 2.45) is 0 Å². The molecule has 4 rings (SSSR count). The maximum Gasteiger partial charge on any atom is 0.330 e. The van der Waals surface area contributed by atoms with Crippen molar-refractivity contribution in [1.82, 2.24) is 0 Å². The lowest BCUT2D eigenvalue weighted by atomic mass is 9.82. The first-order valence-corrected chi connectivity index (χ1v) is 18.3. The van der Waals surface area contributed by atoms with Gasteiger partial charge in [0.05, 0.1) is 56.9 Å². The molecule has 0 aromatic heterocycles. The molecule has 236 valence electrons. The third-order valence-corrected chi connectivity index (χ3v) is 13.6. The predicted octanol–water partition coefficient (Wildman–Crippen LogP) is 7.00. The molecule has 2 aliphatic rings. The summed E-state index contributed by atoms with van der Waals surface area (Å²) in [5.74, 6) is -0.387. The Balaban J connectivity index is 1.56. The molecule has 6 atom stereocenters. The molecule has 8 heteroatoms. The van der Waals surface area contributed by atoms with Crippen LogP contribution in [0.2, 0.25) is 18.1 Å². The van der Waals surface area contributed by atoms with Crippen LogP contribution >= 0.6 is 0 Å². The van der Waals surface area contributed by atoms with Gasteiger partial charge in [-0.2, -0.15) is 0 Å². The third kappa shape index (κ3) is 9.09. The Morgan fingerprint density at radius 3 is 2.23 bits per heavy atom. The van der Waals surface area contributed by atoms with E-state index in [-0.39, 0.29) is 41.5 Å². The third-order valence-electron chi connectivity index (χ3n) is 9.07. The van der Waals surface area contributed by atoms with Gasteiger partial charge in [-0.1, -0.05) is 87.5 Å². The highest BCUT2D eigenvalue weighted by molar-refractivity contribution is 6.74. The van der Waals surface area contributed by atoms with E-state index in [4.69, 9.17) is 28.1 Å². The average molecular weight is 611 g/mol. The molecule has 2 heterocycles. The minimum Gasteiger partial charge on any atom is -0.466 e. The normalized spacial score (nSPS) is 28.0. The molecule has 2 fully saturated rings. The van der Waals surface area contributed by atoms with Gasteiger partial charge in [0.15, 0.2) is 8.32 Å². The molecule has 7 nitrogen and oxygen atoms in total. The van der Waals surface area contributed by atoms with E-state index in [2.05, 4.69) is 65.1 Å². The van der Waals surface area contributed by atoms with E-state index in [9.17, 15) is 4.79 Å². The zero-order valence-electron chi connectivity index (χ0n) is 26.9. The van der Waals surface area contributed by atoms with Gasteiger partial charge in [-0.3, -0.25) is 0 Å². The molecule has 0 aliphatic carbocycles. The Bertz CT molecular complexity index is 1180. The Kier molecular flexibility index (Phi) is 11.4. The Hall–Kier alpha value is -2.33. The van der Waals surface area contributed by atoms with Gasteiger partial charge in [-0.15, -0.1) is 0 Å². The zero-order chi connectivity index (χ0) is 31.1. The first kappa shape index (κ1) is 33.6. The van der Waals surface area contributed by atoms with Gasteiger partial charge in [0.25, 0.3) is 0 Å². The topological polar surface area (TPSA) is 72.5 Å². The largest absolute Gasteiger partial charge is 0.466 e. The zero-order valence-corrected chi connectivity index (χ0v) is 27.9. The van der Waals surface area contributed by atoms with E-state index in [1.54, 1.807) is 0 Å². The molecular formula is C35H50O7Si. The van der Waals surface area contributed by atoms with Crippen LogP contribution in [0.3, 0.4) is 0 Å². The lowest BCUT2D eigenvalue weighted by Gasteiger charge is -2.54.